The maximum Gasteiger partial charge on any atom is 0.184 e. The summed E-state index contributed by atoms with van der Waals surface area (Å²) in [7, 11) is 0. The first kappa shape index (κ1) is 13.5. The minimum absolute atomic E-state index is 0.0128. The summed E-state index contributed by atoms with van der Waals surface area (Å²) in [5, 5.41) is 0. The van der Waals surface area contributed by atoms with Gasteiger partial charge in [0.1, 0.15) is 24.4 Å². The zero-order valence-electron chi connectivity index (χ0n) is 11.0. The van der Waals surface area contributed by atoms with E-state index in [0.717, 1.165) is 5.82 Å². The quantitative estimate of drug-likeness (QED) is 0.731. The highest BCUT2D eigenvalue weighted by molar-refractivity contribution is 5.98. The Morgan fingerprint density at radius 1 is 1.53 bits per heavy atom. The van der Waals surface area contributed by atoms with Gasteiger partial charge in [-0.2, -0.15) is 0 Å². The molecule has 0 radical (unpaired) electrons. The van der Waals surface area contributed by atoms with Gasteiger partial charge in [0.15, 0.2) is 5.78 Å². The summed E-state index contributed by atoms with van der Waals surface area (Å²) in [5.74, 6) is 0.778. The number of hydrogen-bond acceptors (Lipinski definition) is 5. The lowest BCUT2D eigenvalue weighted by molar-refractivity contribution is -0.117. The Labute approximate surface area is 112 Å². The van der Waals surface area contributed by atoms with Crippen LogP contribution in [0, 0.1) is 0 Å². The third-order valence-corrected chi connectivity index (χ3v) is 2.81. The van der Waals surface area contributed by atoms with E-state index >= 15 is 0 Å². The highest BCUT2D eigenvalue weighted by Gasteiger charge is 2.23. The van der Waals surface area contributed by atoms with Crippen LogP contribution in [0.25, 0.3) is 0 Å². The molecule has 0 N–H and O–H groups in total. The van der Waals surface area contributed by atoms with Gasteiger partial charge in [0.2, 0.25) is 0 Å². The number of pyridine rings is 1. The minimum Gasteiger partial charge on any atom is -0.497 e. The third-order valence-electron chi connectivity index (χ3n) is 2.81. The van der Waals surface area contributed by atoms with E-state index in [0.29, 0.717) is 38.5 Å². The molecule has 0 saturated carbocycles. The van der Waals surface area contributed by atoms with Crippen LogP contribution in [0.5, 0.6) is 0 Å². The molecular weight excluding hydrogens is 244 g/mol. The fourth-order valence-electron chi connectivity index (χ4n) is 1.87. The van der Waals surface area contributed by atoms with E-state index in [1.165, 1.54) is 6.26 Å². The topological polar surface area (TPSA) is 51.7 Å². The van der Waals surface area contributed by atoms with E-state index in [1.54, 1.807) is 6.20 Å². The number of carbonyl (C=O) groups excluding carboxylic acids is 1. The van der Waals surface area contributed by atoms with Crippen LogP contribution in [0.1, 0.15) is 13.3 Å². The molecule has 1 aliphatic rings. The molecule has 2 rings (SSSR count). The molecular formula is C14H18N2O3. The Bertz CT molecular complexity index is 445. The predicted octanol–water partition coefficient (Wildman–Crippen LogP) is 1.76. The molecule has 0 spiro atoms. The Morgan fingerprint density at radius 3 is 3.16 bits per heavy atom. The molecule has 0 atom stereocenters. The van der Waals surface area contributed by atoms with Gasteiger partial charge in [0, 0.05) is 19.2 Å². The van der Waals surface area contributed by atoms with Crippen LogP contribution in [-0.4, -0.2) is 37.1 Å². The molecule has 0 fully saturated rings. The van der Waals surface area contributed by atoms with Crippen LogP contribution in [0.4, 0.5) is 5.82 Å². The van der Waals surface area contributed by atoms with Crippen molar-refractivity contribution in [3.05, 3.63) is 36.4 Å². The summed E-state index contributed by atoms with van der Waals surface area (Å²) in [4.78, 5) is 18.3. The van der Waals surface area contributed by atoms with Crippen molar-refractivity contribution in [2.75, 3.05) is 31.3 Å². The summed E-state index contributed by atoms with van der Waals surface area (Å²) in [6, 6.07) is 5.64. The fourth-order valence-corrected chi connectivity index (χ4v) is 1.87. The molecule has 1 aromatic rings. The normalized spacial score (nSPS) is 14.8. The fraction of sp³-hybridized carbons (Fsp3) is 0.429. The van der Waals surface area contributed by atoms with Crippen molar-refractivity contribution in [3.8, 4) is 0 Å². The van der Waals surface area contributed by atoms with Gasteiger partial charge in [-0.15, -0.1) is 0 Å². The van der Waals surface area contributed by atoms with E-state index in [1.807, 2.05) is 30.0 Å². The zero-order chi connectivity index (χ0) is 13.5. The van der Waals surface area contributed by atoms with Crippen LogP contribution in [0.2, 0.25) is 0 Å². The van der Waals surface area contributed by atoms with E-state index < -0.39 is 0 Å². The standard InChI is InChI=1S/C14H18N2O3/c1-2-18-9-6-13(17)12-11-19-10-8-16(12)14-5-3-4-7-15-14/h3-5,7,11H,2,6,8-10H2,1H3. The van der Waals surface area contributed by atoms with Crippen LogP contribution in [-0.2, 0) is 14.3 Å². The number of ketones is 1. The van der Waals surface area contributed by atoms with Crippen LogP contribution in [0.15, 0.2) is 36.4 Å². The first-order chi connectivity index (χ1) is 9.33. The number of nitrogens with zero attached hydrogens (tertiary/aromatic N) is 2. The Morgan fingerprint density at radius 2 is 2.42 bits per heavy atom. The van der Waals surface area contributed by atoms with Gasteiger partial charge in [-0.25, -0.2) is 4.98 Å². The number of carbonyl (C=O) groups is 1. The number of aromatic nitrogens is 1. The van der Waals surface area contributed by atoms with Gasteiger partial charge < -0.3 is 14.4 Å². The van der Waals surface area contributed by atoms with Gasteiger partial charge >= 0.3 is 0 Å². The first-order valence-corrected chi connectivity index (χ1v) is 6.44. The van der Waals surface area contributed by atoms with Gasteiger partial charge in [0.25, 0.3) is 0 Å². The van der Waals surface area contributed by atoms with Crippen molar-refractivity contribution in [1.82, 2.24) is 4.98 Å². The number of ether oxygens (including phenoxy) is 2. The number of allylic oxidation sites excluding steroid dienone is 1. The summed E-state index contributed by atoms with van der Waals surface area (Å²) in [6.07, 6.45) is 3.59. The highest BCUT2D eigenvalue weighted by atomic mass is 16.5. The smallest absolute Gasteiger partial charge is 0.184 e. The second kappa shape index (κ2) is 6.89. The maximum atomic E-state index is 12.2. The van der Waals surface area contributed by atoms with Gasteiger partial charge in [0.05, 0.1) is 13.2 Å². The van der Waals surface area contributed by atoms with E-state index in [-0.39, 0.29) is 5.78 Å². The Balaban J connectivity index is 2.08. The predicted molar refractivity (Wildman–Crippen MR) is 71.7 cm³/mol. The molecule has 0 bridgehead atoms. The molecule has 0 amide bonds. The van der Waals surface area contributed by atoms with E-state index in [4.69, 9.17) is 9.47 Å². The average molecular weight is 262 g/mol. The number of Topliss-reactive ketones (excluding diaryl/α,β-unsaturated/α-hetero) is 1. The minimum atomic E-state index is 0.0128. The molecule has 0 unspecified atom stereocenters. The zero-order valence-corrected chi connectivity index (χ0v) is 11.0. The summed E-state index contributed by atoms with van der Waals surface area (Å²) in [5.41, 5.74) is 0.546. The van der Waals surface area contributed by atoms with Crippen molar-refractivity contribution >= 4 is 11.6 Å². The van der Waals surface area contributed by atoms with Crippen molar-refractivity contribution in [2.45, 2.75) is 13.3 Å². The van der Waals surface area contributed by atoms with E-state index in [9.17, 15) is 4.79 Å². The lowest BCUT2D eigenvalue weighted by Crippen LogP contribution is -2.34. The number of anilines is 1. The SMILES string of the molecule is CCOCCC(=O)C1=COCCN1c1ccccn1. The Hall–Kier alpha value is -1.88. The van der Waals surface area contributed by atoms with E-state index in [2.05, 4.69) is 4.98 Å². The second-order valence-corrected chi connectivity index (χ2v) is 4.08. The van der Waals surface area contributed by atoms with Crippen LogP contribution >= 0.6 is 0 Å². The van der Waals surface area contributed by atoms with Crippen molar-refractivity contribution in [3.63, 3.8) is 0 Å². The van der Waals surface area contributed by atoms with Gasteiger partial charge in [-0.3, -0.25) is 4.79 Å². The molecule has 0 aromatic carbocycles. The molecule has 0 saturated heterocycles. The number of hydrogen-bond donors (Lipinski definition) is 0. The monoisotopic (exact) mass is 262 g/mol. The van der Waals surface area contributed by atoms with Crippen molar-refractivity contribution in [2.24, 2.45) is 0 Å². The Kier molecular flexibility index (Phi) is 4.92. The average Bonchev–Trinajstić information content (AvgIpc) is 2.48. The second-order valence-electron chi connectivity index (χ2n) is 4.08. The molecule has 5 heteroatoms. The van der Waals surface area contributed by atoms with Gasteiger partial charge in [-0.05, 0) is 19.1 Å². The summed E-state index contributed by atoms with van der Waals surface area (Å²) < 4.78 is 10.5. The van der Waals surface area contributed by atoms with Crippen molar-refractivity contribution in [1.29, 1.82) is 0 Å². The lowest BCUT2D eigenvalue weighted by Gasteiger charge is -2.28. The third kappa shape index (κ3) is 3.54. The molecule has 102 valence electrons. The molecule has 1 aromatic heterocycles. The summed E-state index contributed by atoms with van der Waals surface area (Å²) in [6.45, 7) is 4.14. The highest BCUT2D eigenvalue weighted by Crippen LogP contribution is 2.20. The van der Waals surface area contributed by atoms with Crippen LogP contribution < -0.4 is 4.90 Å². The molecule has 2 heterocycles. The first-order valence-electron chi connectivity index (χ1n) is 6.44. The number of rotatable bonds is 6. The lowest BCUT2D eigenvalue weighted by atomic mass is 10.2. The largest absolute Gasteiger partial charge is 0.497 e. The maximum absolute atomic E-state index is 12.2. The van der Waals surface area contributed by atoms with Crippen LogP contribution in [0.3, 0.4) is 0 Å². The molecule has 5 nitrogen and oxygen atoms in total. The molecule has 1 aliphatic heterocycles. The van der Waals surface area contributed by atoms with Gasteiger partial charge in [-0.1, -0.05) is 6.07 Å². The molecule has 19 heavy (non-hydrogen) atoms. The van der Waals surface area contributed by atoms with Crippen molar-refractivity contribution < 1.29 is 14.3 Å². The summed E-state index contributed by atoms with van der Waals surface area (Å²) >= 11 is 0. The molecule has 0 aliphatic carbocycles.